The Kier molecular flexibility index (Phi) is 4.06. The molecule has 0 saturated carbocycles. The summed E-state index contributed by atoms with van der Waals surface area (Å²) < 4.78 is 0.620. The van der Waals surface area contributed by atoms with E-state index in [1.54, 1.807) is 0 Å². The van der Waals surface area contributed by atoms with Crippen molar-refractivity contribution in [3.8, 4) is 17.0 Å². The van der Waals surface area contributed by atoms with Crippen LogP contribution in [0.3, 0.4) is 0 Å². The lowest BCUT2D eigenvalue weighted by atomic mass is 9.86. The molecule has 19 heavy (non-hydrogen) atoms. The van der Waals surface area contributed by atoms with Gasteiger partial charge in [0.2, 0.25) is 0 Å². The molecule has 0 unspecified atom stereocenters. The summed E-state index contributed by atoms with van der Waals surface area (Å²) in [6, 6.07) is 9.50. The first kappa shape index (κ1) is 14.6. The van der Waals surface area contributed by atoms with E-state index in [1.807, 2.05) is 30.3 Å². The van der Waals surface area contributed by atoms with Crippen molar-refractivity contribution in [3.05, 3.63) is 44.6 Å². The minimum atomic E-state index is -0.131. The molecular formula is C15H15ClINO. The van der Waals surface area contributed by atoms with E-state index in [1.165, 1.54) is 0 Å². The number of halogens is 2. The standard InChI is InChI=1S/C15H15ClINO/c1-15(2,3)11-8-12(18-14(17)13(11)19)9-4-6-10(16)7-5-9/h4-8,19H,1-3H3. The molecule has 2 aromatic rings. The van der Waals surface area contributed by atoms with Crippen LogP contribution in [0, 0.1) is 3.70 Å². The average Bonchev–Trinajstić information content (AvgIpc) is 2.32. The van der Waals surface area contributed by atoms with Crippen molar-refractivity contribution in [2.75, 3.05) is 0 Å². The van der Waals surface area contributed by atoms with Crippen molar-refractivity contribution >= 4 is 34.2 Å². The van der Waals surface area contributed by atoms with Crippen LogP contribution in [-0.2, 0) is 5.41 Å². The third-order valence-corrected chi connectivity index (χ3v) is 3.90. The van der Waals surface area contributed by atoms with Crippen molar-refractivity contribution in [2.45, 2.75) is 26.2 Å². The molecule has 0 fully saturated rings. The Morgan fingerprint density at radius 2 is 1.74 bits per heavy atom. The van der Waals surface area contributed by atoms with Gasteiger partial charge in [-0.25, -0.2) is 4.98 Å². The Balaban J connectivity index is 2.60. The van der Waals surface area contributed by atoms with E-state index >= 15 is 0 Å². The molecule has 1 aromatic heterocycles. The highest BCUT2D eigenvalue weighted by atomic mass is 127. The monoisotopic (exact) mass is 387 g/mol. The van der Waals surface area contributed by atoms with E-state index in [0.29, 0.717) is 8.72 Å². The van der Waals surface area contributed by atoms with Crippen LogP contribution in [0.15, 0.2) is 30.3 Å². The van der Waals surface area contributed by atoms with Crippen LogP contribution < -0.4 is 0 Å². The van der Waals surface area contributed by atoms with E-state index in [0.717, 1.165) is 16.8 Å². The van der Waals surface area contributed by atoms with Gasteiger partial charge >= 0.3 is 0 Å². The molecule has 2 rings (SSSR count). The SMILES string of the molecule is CC(C)(C)c1cc(-c2ccc(Cl)cc2)nc(I)c1O. The van der Waals surface area contributed by atoms with Crippen molar-refractivity contribution in [1.29, 1.82) is 0 Å². The van der Waals surface area contributed by atoms with Crippen LogP contribution in [0.25, 0.3) is 11.3 Å². The van der Waals surface area contributed by atoms with Gasteiger partial charge in [0.25, 0.3) is 0 Å². The van der Waals surface area contributed by atoms with Gasteiger partial charge in [-0.3, -0.25) is 0 Å². The van der Waals surface area contributed by atoms with Gasteiger partial charge in [-0.2, -0.15) is 0 Å². The number of aromatic hydroxyl groups is 1. The minimum Gasteiger partial charge on any atom is -0.505 e. The fraction of sp³-hybridized carbons (Fsp3) is 0.267. The van der Waals surface area contributed by atoms with Gasteiger partial charge in [0.1, 0.15) is 3.70 Å². The topological polar surface area (TPSA) is 33.1 Å². The second-order valence-electron chi connectivity index (χ2n) is 5.45. The van der Waals surface area contributed by atoms with Crippen LogP contribution in [0.4, 0.5) is 0 Å². The smallest absolute Gasteiger partial charge is 0.151 e. The van der Waals surface area contributed by atoms with E-state index in [-0.39, 0.29) is 11.2 Å². The zero-order valence-electron chi connectivity index (χ0n) is 11.0. The summed E-state index contributed by atoms with van der Waals surface area (Å²) in [5.74, 6) is 0.269. The molecule has 0 saturated heterocycles. The lowest BCUT2D eigenvalue weighted by Crippen LogP contribution is -2.12. The summed E-state index contributed by atoms with van der Waals surface area (Å²) >= 11 is 7.96. The van der Waals surface area contributed by atoms with Crippen LogP contribution in [-0.4, -0.2) is 10.1 Å². The average molecular weight is 388 g/mol. The maximum absolute atomic E-state index is 10.2. The summed E-state index contributed by atoms with van der Waals surface area (Å²) in [4.78, 5) is 4.44. The maximum Gasteiger partial charge on any atom is 0.151 e. The van der Waals surface area contributed by atoms with Gasteiger partial charge in [0, 0.05) is 16.1 Å². The van der Waals surface area contributed by atoms with Gasteiger partial charge in [-0.15, -0.1) is 0 Å². The number of nitrogens with zero attached hydrogens (tertiary/aromatic N) is 1. The summed E-state index contributed by atoms with van der Waals surface area (Å²) in [5, 5.41) is 10.9. The summed E-state index contributed by atoms with van der Waals surface area (Å²) in [7, 11) is 0. The Bertz CT molecular complexity index is 603. The molecule has 2 nitrogen and oxygen atoms in total. The van der Waals surface area contributed by atoms with E-state index in [2.05, 4.69) is 48.3 Å². The van der Waals surface area contributed by atoms with Crippen LogP contribution in [0.2, 0.25) is 5.02 Å². The molecule has 1 aromatic carbocycles. The summed E-state index contributed by atoms with van der Waals surface area (Å²) in [6.45, 7) is 6.22. The fourth-order valence-electron chi connectivity index (χ4n) is 1.85. The maximum atomic E-state index is 10.2. The summed E-state index contributed by atoms with van der Waals surface area (Å²) in [5.41, 5.74) is 2.61. The third-order valence-electron chi connectivity index (χ3n) is 2.90. The number of rotatable bonds is 1. The second-order valence-corrected chi connectivity index (χ2v) is 6.91. The van der Waals surface area contributed by atoms with Crippen LogP contribution >= 0.6 is 34.2 Å². The van der Waals surface area contributed by atoms with Gasteiger partial charge in [0.15, 0.2) is 5.75 Å². The van der Waals surface area contributed by atoms with Crippen molar-refractivity contribution in [3.63, 3.8) is 0 Å². The molecule has 0 aliphatic rings. The third kappa shape index (κ3) is 3.20. The Hall–Kier alpha value is -0.810. The number of hydrogen-bond acceptors (Lipinski definition) is 2. The van der Waals surface area contributed by atoms with Crippen molar-refractivity contribution < 1.29 is 5.11 Å². The number of aromatic nitrogens is 1. The van der Waals surface area contributed by atoms with Gasteiger partial charge in [-0.05, 0) is 46.2 Å². The number of hydrogen-bond donors (Lipinski definition) is 1. The molecule has 0 bridgehead atoms. The first-order valence-electron chi connectivity index (χ1n) is 5.95. The predicted molar refractivity (Wildman–Crippen MR) is 87.8 cm³/mol. The molecule has 4 heteroatoms. The highest BCUT2D eigenvalue weighted by Gasteiger charge is 2.21. The molecule has 0 aliphatic carbocycles. The largest absolute Gasteiger partial charge is 0.505 e. The van der Waals surface area contributed by atoms with Gasteiger partial charge in [-0.1, -0.05) is 44.5 Å². The number of pyridine rings is 1. The quantitative estimate of drug-likeness (QED) is 0.551. The first-order chi connectivity index (χ1) is 8.79. The van der Waals surface area contributed by atoms with Gasteiger partial charge < -0.3 is 5.11 Å². The van der Waals surface area contributed by atoms with Gasteiger partial charge in [0.05, 0.1) is 5.69 Å². The zero-order valence-corrected chi connectivity index (χ0v) is 14.0. The molecule has 0 amide bonds. The van der Waals surface area contributed by atoms with Crippen LogP contribution in [0.1, 0.15) is 26.3 Å². The Morgan fingerprint density at radius 3 is 2.26 bits per heavy atom. The van der Waals surface area contributed by atoms with Crippen LogP contribution in [0.5, 0.6) is 5.75 Å². The number of benzene rings is 1. The lowest BCUT2D eigenvalue weighted by molar-refractivity contribution is 0.440. The van der Waals surface area contributed by atoms with E-state index in [9.17, 15) is 5.11 Å². The Labute approximate surface area is 132 Å². The summed E-state index contributed by atoms with van der Waals surface area (Å²) in [6.07, 6.45) is 0. The highest BCUT2D eigenvalue weighted by Crippen LogP contribution is 2.36. The normalized spacial score (nSPS) is 11.6. The zero-order chi connectivity index (χ0) is 14.2. The fourth-order valence-corrected chi connectivity index (χ4v) is 2.52. The molecule has 1 N–H and O–H groups in total. The second kappa shape index (κ2) is 5.29. The molecule has 0 spiro atoms. The minimum absolute atomic E-state index is 0.131. The van der Waals surface area contributed by atoms with E-state index < -0.39 is 0 Å². The van der Waals surface area contributed by atoms with Crippen molar-refractivity contribution in [1.82, 2.24) is 4.98 Å². The molecule has 100 valence electrons. The molecular weight excluding hydrogens is 373 g/mol. The molecule has 1 heterocycles. The van der Waals surface area contributed by atoms with E-state index in [4.69, 9.17) is 11.6 Å². The van der Waals surface area contributed by atoms with Crippen molar-refractivity contribution in [2.24, 2.45) is 0 Å². The molecule has 0 radical (unpaired) electrons. The lowest BCUT2D eigenvalue weighted by Gasteiger charge is -2.21. The highest BCUT2D eigenvalue weighted by molar-refractivity contribution is 14.1. The predicted octanol–water partition coefficient (Wildman–Crippen LogP) is 5.01. The molecule has 0 atom stereocenters. The Morgan fingerprint density at radius 1 is 1.16 bits per heavy atom. The molecule has 0 aliphatic heterocycles. The first-order valence-corrected chi connectivity index (χ1v) is 7.40.